The van der Waals surface area contributed by atoms with Gasteiger partial charge in [-0.1, -0.05) is 0 Å². The molecule has 11 heavy (non-hydrogen) atoms. The van der Waals surface area contributed by atoms with Gasteiger partial charge in [0.15, 0.2) is 6.29 Å². The van der Waals surface area contributed by atoms with Crippen LogP contribution in [0, 0.1) is 0 Å². The van der Waals surface area contributed by atoms with Gasteiger partial charge < -0.3 is 0 Å². The molecule has 1 unspecified atom stereocenters. The summed E-state index contributed by atoms with van der Waals surface area (Å²) in [4.78, 5) is 15.0. The molecule has 0 amide bonds. The lowest BCUT2D eigenvalue weighted by Crippen LogP contribution is -2.33. The van der Waals surface area contributed by atoms with Gasteiger partial charge in [0, 0.05) is 12.3 Å². The van der Waals surface area contributed by atoms with Gasteiger partial charge in [-0.15, -0.1) is 0 Å². The largest absolute Gasteiger partial charge is 0.297 e. The second-order valence-electron chi connectivity index (χ2n) is 2.19. The molecule has 2 heterocycles. The summed E-state index contributed by atoms with van der Waals surface area (Å²) in [6.45, 7) is 0. The molecule has 1 aromatic rings. The molecule has 6 heteroatoms. The van der Waals surface area contributed by atoms with E-state index in [-0.39, 0.29) is 5.56 Å². The predicted octanol–water partition coefficient (Wildman–Crippen LogP) is -1.41. The van der Waals surface area contributed by atoms with Crippen LogP contribution in [-0.2, 0) is 0 Å². The number of fused-ring (bicyclic) bond motifs is 1. The van der Waals surface area contributed by atoms with Crippen LogP contribution in [0.25, 0.3) is 0 Å². The molecule has 0 saturated carbocycles. The molecule has 0 saturated heterocycles. The average molecular weight is 153 g/mol. The molecule has 2 rings (SSSR count). The Morgan fingerprint density at radius 1 is 1.73 bits per heavy atom. The third kappa shape index (κ3) is 0.803. The molecule has 0 aliphatic carbocycles. The molecule has 58 valence electrons. The van der Waals surface area contributed by atoms with Crippen molar-refractivity contribution in [1.82, 2.24) is 15.0 Å². The first kappa shape index (κ1) is 6.32. The van der Waals surface area contributed by atoms with Gasteiger partial charge in [-0.25, -0.2) is 9.55 Å². The molecule has 1 aromatic heterocycles. The average Bonchev–Trinajstić information content (AvgIpc) is 2.34. The van der Waals surface area contributed by atoms with Crippen LogP contribution >= 0.6 is 0 Å². The highest BCUT2D eigenvalue weighted by Crippen LogP contribution is 2.06. The van der Waals surface area contributed by atoms with Crippen molar-refractivity contribution < 1.29 is 0 Å². The number of hydrazine groups is 1. The van der Waals surface area contributed by atoms with E-state index in [1.807, 2.05) is 0 Å². The van der Waals surface area contributed by atoms with Gasteiger partial charge >= 0.3 is 0 Å². The normalized spacial score (nSPS) is 21.0. The standard InChI is InChI=1S/C5H7N5O/c6-4-8-9-5-7-2-1-3(11)10(4)5/h1-2,4,8H,6H2,(H,7,9). The van der Waals surface area contributed by atoms with Crippen LogP contribution in [0.1, 0.15) is 6.29 Å². The van der Waals surface area contributed by atoms with Crippen LogP contribution in [0.15, 0.2) is 17.1 Å². The number of nitrogens with zero attached hydrogens (tertiary/aromatic N) is 2. The Balaban J connectivity index is 2.68. The minimum Gasteiger partial charge on any atom is -0.297 e. The van der Waals surface area contributed by atoms with Gasteiger partial charge in [-0.2, -0.15) is 5.43 Å². The van der Waals surface area contributed by atoms with Crippen LogP contribution in [0.2, 0.25) is 0 Å². The number of hydrogen-bond donors (Lipinski definition) is 3. The first-order chi connectivity index (χ1) is 5.29. The van der Waals surface area contributed by atoms with E-state index < -0.39 is 6.29 Å². The summed E-state index contributed by atoms with van der Waals surface area (Å²) in [5, 5.41) is 0. The molecular formula is C5H7N5O. The fraction of sp³-hybridized carbons (Fsp3) is 0.200. The fourth-order valence-electron chi connectivity index (χ4n) is 0.983. The highest BCUT2D eigenvalue weighted by atomic mass is 16.1. The maximum atomic E-state index is 11.1. The molecule has 0 fully saturated rings. The summed E-state index contributed by atoms with van der Waals surface area (Å²) >= 11 is 0. The number of hydrogen-bond acceptors (Lipinski definition) is 5. The van der Waals surface area contributed by atoms with Gasteiger partial charge in [0.25, 0.3) is 5.56 Å². The van der Waals surface area contributed by atoms with Crippen molar-refractivity contribution in [1.29, 1.82) is 0 Å². The number of nitrogens with two attached hydrogens (primary N) is 1. The van der Waals surface area contributed by atoms with Crippen molar-refractivity contribution in [2.45, 2.75) is 6.29 Å². The van der Waals surface area contributed by atoms with Gasteiger partial charge in [0.2, 0.25) is 5.95 Å². The summed E-state index contributed by atoms with van der Waals surface area (Å²) in [6, 6.07) is 1.36. The van der Waals surface area contributed by atoms with E-state index in [0.717, 1.165) is 0 Å². The van der Waals surface area contributed by atoms with Crippen molar-refractivity contribution in [3.05, 3.63) is 22.6 Å². The van der Waals surface area contributed by atoms with Gasteiger partial charge in [0.1, 0.15) is 0 Å². The minimum atomic E-state index is -0.522. The predicted molar refractivity (Wildman–Crippen MR) is 38.5 cm³/mol. The van der Waals surface area contributed by atoms with E-state index in [1.165, 1.54) is 16.8 Å². The smallest absolute Gasteiger partial charge is 0.257 e. The Labute approximate surface area is 62.0 Å². The van der Waals surface area contributed by atoms with E-state index in [9.17, 15) is 4.79 Å². The molecule has 0 bridgehead atoms. The summed E-state index contributed by atoms with van der Waals surface area (Å²) in [7, 11) is 0. The van der Waals surface area contributed by atoms with Crippen molar-refractivity contribution in [2.75, 3.05) is 5.43 Å². The first-order valence-corrected chi connectivity index (χ1v) is 3.14. The number of anilines is 1. The maximum absolute atomic E-state index is 11.1. The molecule has 1 aliphatic rings. The SMILES string of the molecule is NC1NNc2nccc(=O)n21. The van der Waals surface area contributed by atoms with E-state index >= 15 is 0 Å². The fourth-order valence-corrected chi connectivity index (χ4v) is 0.983. The molecule has 0 spiro atoms. The Morgan fingerprint density at radius 3 is 3.27 bits per heavy atom. The lowest BCUT2D eigenvalue weighted by atomic mass is 10.6. The molecule has 0 aromatic carbocycles. The highest BCUT2D eigenvalue weighted by Gasteiger charge is 2.17. The van der Waals surface area contributed by atoms with Crippen LogP contribution in [0.5, 0.6) is 0 Å². The zero-order valence-corrected chi connectivity index (χ0v) is 5.61. The summed E-state index contributed by atoms with van der Waals surface area (Å²) in [5.74, 6) is 0.449. The lowest BCUT2D eigenvalue weighted by molar-refractivity contribution is 0.492. The van der Waals surface area contributed by atoms with Crippen LogP contribution in [-0.4, -0.2) is 9.55 Å². The van der Waals surface area contributed by atoms with E-state index in [2.05, 4.69) is 15.8 Å². The van der Waals surface area contributed by atoms with Gasteiger partial charge in [0.05, 0.1) is 0 Å². The number of nitrogens with one attached hydrogen (secondary N) is 2. The zero-order valence-electron chi connectivity index (χ0n) is 5.61. The van der Waals surface area contributed by atoms with Crippen molar-refractivity contribution >= 4 is 5.95 Å². The van der Waals surface area contributed by atoms with Crippen molar-refractivity contribution in [2.24, 2.45) is 5.73 Å². The quantitative estimate of drug-likeness (QED) is 0.426. The van der Waals surface area contributed by atoms with Crippen molar-refractivity contribution in [3.63, 3.8) is 0 Å². The summed E-state index contributed by atoms with van der Waals surface area (Å²) < 4.78 is 1.33. The van der Waals surface area contributed by atoms with E-state index in [0.29, 0.717) is 5.95 Å². The topological polar surface area (TPSA) is 85.0 Å². The number of aromatic nitrogens is 2. The van der Waals surface area contributed by atoms with E-state index in [4.69, 9.17) is 5.73 Å². The first-order valence-electron chi connectivity index (χ1n) is 3.14. The third-order valence-electron chi connectivity index (χ3n) is 1.49. The van der Waals surface area contributed by atoms with Gasteiger partial charge in [-0.3, -0.25) is 16.0 Å². The Bertz CT molecular complexity index is 332. The molecule has 4 N–H and O–H groups in total. The Morgan fingerprint density at radius 2 is 2.55 bits per heavy atom. The molecule has 0 radical (unpaired) electrons. The minimum absolute atomic E-state index is 0.167. The second-order valence-corrected chi connectivity index (χ2v) is 2.19. The molecular weight excluding hydrogens is 146 g/mol. The summed E-state index contributed by atoms with van der Waals surface area (Å²) in [6.07, 6.45) is 0.909. The molecule has 6 nitrogen and oxygen atoms in total. The Hall–Kier alpha value is -1.40. The molecule has 1 atom stereocenters. The number of rotatable bonds is 0. The lowest BCUT2D eigenvalue weighted by Gasteiger charge is -2.03. The Kier molecular flexibility index (Phi) is 1.17. The van der Waals surface area contributed by atoms with Crippen LogP contribution in [0.3, 0.4) is 0 Å². The third-order valence-corrected chi connectivity index (χ3v) is 1.49. The summed E-state index contributed by atoms with van der Waals surface area (Å²) in [5.41, 5.74) is 10.7. The maximum Gasteiger partial charge on any atom is 0.257 e. The highest BCUT2D eigenvalue weighted by molar-refractivity contribution is 5.27. The van der Waals surface area contributed by atoms with E-state index in [1.54, 1.807) is 0 Å². The van der Waals surface area contributed by atoms with Gasteiger partial charge in [-0.05, 0) is 0 Å². The molecule has 1 aliphatic heterocycles. The van der Waals surface area contributed by atoms with Crippen LogP contribution in [0.4, 0.5) is 5.95 Å². The van der Waals surface area contributed by atoms with Crippen molar-refractivity contribution in [3.8, 4) is 0 Å². The zero-order chi connectivity index (χ0) is 7.84. The monoisotopic (exact) mass is 153 g/mol. The van der Waals surface area contributed by atoms with Crippen LogP contribution < -0.4 is 22.1 Å². The second kappa shape index (κ2) is 2.04.